The van der Waals surface area contributed by atoms with Crippen LogP contribution < -0.4 is 10.6 Å². The number of para-hydroxylation sites is 1. The number of aromatic nitrogens is 4. The molecule has 7 nitrogen and oxygen atoms in total. The summed E-state index contributed by atoms with van der Waals surface area (Å²) in [6.45, 7) is 3.70. The number of hydrogen-bond donors (Lipinski definition) is 3. The Bertz CT molecular complexity index is 1580. The van der Waals surface area contributed by atoms with Crippen LogP contribution in [0.3, 0.4) is 0 Å². The van der Waals surface area contributed by atoms with Crippen molar-refractivity contribution in [2.24, 2.45) is 0 Å². The van der Waals surface area contributed by atoms with Crippen molar-refractivity contribution >= 4 is 16.8 Å². The highest BCUT2D eigenvalue weighted by Crippen LogP contribution is 2.26. The van der Waals surface area contributed by atoms with E-state index in [0.717, 1.165) is 66.8 Å². The number of hydrogen-bond acceptors (Lipinski definition) is 4. The summed E-state index contributed by atoms with van der Waals surface area (Å²) in [5.41, 5.74) is 6.02. The van der Waals surface area contributed by atoms with Crippen LogP contribution in [-0.2, 0) is 37.0 Å². The lowest BCUT2D eigenvalue weighted by Crippen LogP contribution is -2.43. The van der Waals surface area contributed by atoms with Crippen LogP contribution >= 0.6 is 0 Å². The van der Waals surface area contributed by atoms with E-state index in [-0.39, 0.29) is 18.0 Å². The van der Waals surface area contributed by atoms with E-state index in [9.17, 15) is 4.79 Å². The van der Waals surface area contributed by atoms with E-state index in [1.807, 2.05) is 12.1 Å². The molecule has 41 heavy (non-hydrogen) atoms. The van der Waals surface area contributed by atoms with Crippen LogP contribution in [0.25, 0.3) is 10.9 Å². The van der Waals surface area contributed by atoms with Gasteiger partial charge in [-0.2, -0.15) is 0 Å². The molecule has 5 aromatic rings. The molecule has 1 fully saturated rings. The van der Waals surface area contributed by atoms with E-state index in [1.54, 1.807) is 0 Å². The van der Waals surface area contributed by atoms with Crippen molar-refractivity contribution in [3.63, 3.8) is 0 Å². The number of rotatable bonds is 11. The largest absolute Gasteiger partial charge is 0.361 e. The molecule has 1 aliphatic rings. The SMILES string of the molecule is CCc1ccc(Cn2c(CCc3ccccc3)nnc2C(Cc2c[nH]c3ccccc23)NC(=O)C2CCCN2)cc1. The van der Waals surface area contributed by atoms with Crippen LogP contribution in [0.4, 0.5) is 0 Å². The molecule has 2 unspecified atom stereocenters. The predicted molar refractivity (Wildman–Crippen MR) is 163 cm³/mol. The first kappa shape index (κ1) is 27.0. The fourth-order valence-corrected chi connectivity index (χ4v) is 5.84. The van der Waals surface area contributed by atoms with E-state index in [4.69, 9.17) is 10.2 Å². The van der Waals surface area contributed by atoms with Gasteiger partial charge >= 0.3 is 0 Å². The third-order valence-corrected chi connectivity index (χ3v) is 8.21. The van der Waals surface area contributed by atoms with Gasteiger partial charge < -0.3 is 20.2 Å². The van der Waals surface area contributed by atoms with Gasteiger partial charge in [-0.15, -0.1) is 10.2 Å². The van der Waals surface area contributed by atoms with Gasteiger partial charge in [-0.05, 0) is 60.5 Å². The van der Waals surface area contributed by atoms with Crippen molar-refractivity contribution in [3.05, 3.63) is 119 Å². The zero-order valence-electron chi connectivity index (χ0n) is 23.6. The first-order valence-corrected chi connectivity index (χ1v) is 14.8. The maximum atomic E-state index is 13.4. The molecule has 0 bridgehead atoms. The maximum absolute atomic E-state index is 13.4. The Balaban J connectivity index is 1.36. The van der Waals surface area contributed by atoms with Gasteiger partial charge in [0.25, 0.3) is 0 Å². The monoisotopic (exact) mass is 546 g/mol. The Morgan fingerprint density at radius 3 is 2.51 bits per heavy atom. The summed E-state index contributed by atoms with van der Waals surface area (Å²) in [5, 5.41) is 17.4. The van der Waals surface area contributed by atoms with Crippen molar-refractivity contribution in [1.29, 1.82) is 0 Å². The topological polar surface area (TPSA) is 87.6 Å². The van der Waals surface area contributed by atoms with E-state index < -0.39 is 0 Å². The Hall–Kier alpha value is -4.23. The molecule has 3 heterocycles. The van der Waals surface area contributed by atoms with E-state index >= 15 is 0 Å². The number of aryl methyl sites for hydroxylation is 3. The molecular weight excluding hydrogens is 508 g/mol. The number of fused-ring (bicyclic) bond motifs is 1. The van der Waals surface area contributed by atoms with Gasteiger partial charge in [0.2, 0.25) is 5.91 Å². The van der Waals surface area contributed by atoms with Crippen molar-refractivity contribution in [1.82, 2.24) is 30.4 Å². The highest BCUT2D eigenvalue weighted by molar-refractivity contribution is 5.84. The molecule has 3 N–H and O–H groups in total. The number of nitrogens with zero attached hydrogens (tertiary/aromatic N) is 3. The highest BCUT2D eigenvalue weighted by atomic mass is 16.2. The summed E-state index contributed by atoms with van der Waals surface area (Å²) >= 11 is 0. The summed E-state index contributed by atoms with van der Waals surface area (Å²) in [4.78, 5) is 16.8. The lowest BCUT2D eigenvalue weighted by atomic mass is 10.0. The minimum absolute atomic E-state index is 0.0278. The van der Waals surface area contributed by atoms with Crippen LogP contribution in [0, 0.1) is 0 Å². The van der Waals surface area contributed by atoms with Crippen molar-refractivity contribution in [2.45, 2.75) is 64.1 Å². The Morgan fingerprint density at radius 2 is 1.73 bits per heavy atom. The average Bonchev–Trinajstić information content (AvgIpc) is 3.78. The predicted octanol–water partition coefficient (Wildman–Crippen LogP) is 5.31. The van der Waals surface area contributed by atoms with Crippen LogP contribution in [0.15, 0.2) is 85.1 Å². The third kappa shape index (κ3) is 6.25. The van der Waals surface area contributed by atoms with Gasteiger partial charge in [0.15, 0.2) is 5.82 Å². The maximum Gasteiger partial charge on any atom is 0.237 e. The number of benzene rings is 3. The summed E-state index contributed by atoms with van der Waals surface area (Å²) in [5.74, 6) is 1.75. The summed E-state index contributed by atoms with van der Waals surface area (Å²) < 4.78 is 2.23. The van der Waals surface area contributed by atoms with Crippen LogP contribution in [-0.4, -0.2) is 38.2 Å². The summed E-state index contributed by atoms with van der Waals surface area (Å²) in [6.07, 6.45) is 7.19. The summed E-state index contributed by atoms with van der Waals surface area (Å²) in [7, 11) is 0. The number of H-pyrrole nitrogens is 1. The van der Waals surface area contributed by atoms with Crippen LogP contribution in [0.5, 0.6) is 0 Å². The molecule has 0 radical (unpaired) electrons. The minimum Gasteiger partial charge on any atom is -0.361 e. The second kappa shape index (κ2) is 12.5. The van der Waals surface area contributed by atoms with Gasteiger partial charge in [-0.25, -0.2) is 0 Å². The highest BCUT2D eigenvalue weighted by Gasteiger charge is 2.29. The Morgan fingerprint density at radius 1 is 0.951 bits per heavy atom. The molecule has 210 valence electrons. The van der Waals surface area contributed by atoms with Gasteiger partial charge in [0.05, 0.1) is 18.6 Å². The molecule has 7 heteroatoms. The van der Waals surface area contributed by atoms with Crippen molar-refractivity contribution in [3.8, 4) is 0 Å². The number of carbonyl (C=O) groups is 1. The second-order valence-electron chi connectivity index (χ2n) is 11.0. The molecule has 2 aromatic heterocycles. The Kier molecular flexibility index (Phi) is 8.23. The van der Waals surface area contributed by atoms with Crippen molar-refractivity contribution in [2.75, 3.05) is 6.54 Å². The minimum atomic E-state index is -0.322. The smallest absolute Gasteiger partial charge is 0.237 e. The molecule has 0 aliphatic carbocycles. The summed E-state index contributed by atoms with van der Waals surface area (Å²) in [6, 6.07) is 27.1. The van der Waals surface area contributed by atoms with E-state index in [0.29, 0.717) is 13.0 Å². The number of amides is 1. The molecule has 2 atom stereocenters. The van der Waals surface area contributed by atoms with Gasteiger partial charge in [-0.3, -0.25) is 4.79 Å². The van der Waals surface area contributed by atoms with E-state index in [1.165, 1.54) is 16.7 Å². The standard InChI is InChI=1S/C34H38N6O/c1-2-24-14-16-26(17-15-24)23-40-32(19-18-25-9-4-3-5-10-25)38-39-33(40)31(37-34(41)30-13-8-20-35-30)21-27-22-36-29-12-7-6-11-28(27)29/h3-7,9-12,14-17,22,30-31,35-36H,2,8,13,18-21,23H2,1H3,(H,37,41). The molecule has 0 saturated carbocycles. The quantitative estimate of drug-likeness (QED) is 0.210. The molecule has 1 amide bonds. The molecule has 1 saturated heterocycles. The number of nitrogens with one attached hydrogen (secondary N) is 3. The molecule has 6 rings (SSSR count). The normalized spacial score (nSPS) is 15.8. The first-order chi connectivity index (χ1) is 20.2. The lowest BCUT2D eigenvalue weighted by molar-refractivity contribution is -0.123. The average molecular weight is 547 g/mol. The Labute approximate surface area is 241 Å². The number of carbonyl (C=O) groups excluding carboxylic acids is 1. The second-order valence-corrected chi connectivity index (χ2v) is 11.0. The van der Waals surface area contributed by atoms with Gasteiger partial charge in [0, 0.05) is 29.9 Å². The fourth-order valence-electron chi connectivity index (χ4n) is 5.84. The first-order valence-electron chi connectivity index (χ1n) is 14.8. The van der Waals surface area contributed by atoms with Crippen molar-refractivity contribution < 1.29 is 4.79 Å². The van der Waals surface area contributed by atoms with Gasteiger partial charge in [0.1, 0.15) is 5.82 Å². The molecule has 3 aromatic carbocycles. The van der Waals surface area contributed by atoms with Crippen LogP contribution in [0.1, 0.15) is 59.7 Å². The third-order valence-electron chi connectivity index (χ3n) is 8.21. The van der Waals surface area contributed by atoms with Gasteiger partial charge in [-0.1, -0.05) is 79.7 Å². The van der Waals surface area contributed by atoms with E-state index in [2.05, 4.69) is 100 Å². The fraction of sp³-hybridized carbons (Fsp3) is 0.324. The molecule has 1 aliphatic heterocycles. The molecule has 0 spiro atoms. The zero-order chi connectivity index (χ0) is 28.0. The molecular formula is C34H38N6O. The lowest BCUT2D eigenvalue weighted by Gasteiger charge is -2.22. The van der Waals surface area contributed by atoms with Crippen LogP contribution in [0.2, 0.25) is 0 Å². The number of aromatic amines is 1. The zero-order valence-corrected chi connectivity index (χ0v) is 23.6.